The maximum Gasteiger partial charge on any atom is 0.322 e. The Bertz CT molecular complexity index is 1940. The highest BCUT2D eigenvalue weighted by atomic mass is 35.5. The minimum Gasteiger partial charge on any atom is -0.497 e. The molecule has 0 fully saturated rings. The molecule has 2 aromatic heterocycles. The Balaban J connectivity index is 0.00000480. The normalized spacial score (nSPS) is 12.1. The third-order valence-corrected chi connectivity index (χ3v) is 7.06. The van der Waals surface area contributed by atoms with E-state index in [0.29, 0.717) is 33.8 Å². The molecule has 0 spiro atoms. The summed E-state index contributed by atoms with van der Waals surface area (Å²) in [7, 11) is 1.55. The summed E-state index contributed by atoms with van der Waals surface area (Å²) in [5.41, 5.74) is 6.45. The number of nitrogens with one attached hydrogen (secondary N) is 1. The first-order chi connectivity index (χ1) is 21.6. The van der Waals surface area contributed by atoms with Crippen LogP contribution in [0.4, 0.5) is 10.1 Å². The Labute approximate surface area is 270 Å². The second-order valence-electron chi connectivity index (χ2n) is 10.4. The predicted octanol–water partition coefficient (Wildman–Crippen LogP) is 5.39. The van der Waals surface area contributed by atoms with Crippen LogP contribution in [0.15, 0.2) is 83.8 Å². The molecule has 5 rings (SSSR count). The van der Waals surface area contributed by atoms with Gasteiger partial charge in [-0.1, -0.05) is 18.2 Å². The van der Waals surface area contributed by atoms with Gasteiger partial charge in [-0.25, -0.2) is 9.07 Å². The summed E-state index contributed by atoms with van der Waals surface area (Å²) in [6.07, 6.45) is 0.880. The van der Waals surface area contributed by atoms with Crippen LogP contribution in [0, 0.1) is 12.7 Å². The van der Waals surface area contributed by atoms with Crippen molar-refractivity contribution in [3.63, 3.8) is 0 Å². The Morgan fingerprint density at radius 1 is 1.02 bits per heavy atom. The molecule has 2 atom stereocenters. The van der Waals surface area contributed by atoms with Crippen molar-refractivity contribution in [2.45, 2.75) is 39.5 Å². The van der Waals surface area contributed by atoms with Crippen molar-refractivity contribution >= 4 is 40.9 Å². The van der Waals surface area contributed by atoms with Crippen molar-refractivity contribution in [1.82, 2.24) is 14.3 Å². The number of nitrogens with zero attached hydrogens (tertiary/aromatic N) is 3. The lowest BCUT2D eigenvalue weighted by molar-refractivity contribution is -0.150. The molecule has 11 nitrogen and oxygen atoms in total. The van der Waals surface area contributed by atoms with Gasteiger partial charge < -0.3 is 25.3 Å². The van der Waals surface area contributed by atoms with Crippen LogP contribution in [0.25, 0.3) is 16.6 Å². The minimum absolute atomic E-state index is 0. The number of amides is 1. The summed E-state index contributed by atoms with van der Waals surface area (Å²) in [5.74, 6) is -1.11. The zero-order chi connectivity index (χ0) is 32.2. The molecular formula is C33H33ClFN5O6. The molecule has 0 aliphatic rings. The number of hydrogen-bond acceptors (Lipinski definition) is 8. The van der Waals surface area contributed by atoms with Crippen molar-refractivity contribution in [3.05, 3.63) is 106 Å². The first-order valence-corrected chi connectivity index (χ1v) is 14.1. The number of methoxy groups -OCH3 is 1. The smallest absolute Gasteiger partial charge is 0.322 e. The van der Waals surface area contributed by atoms with E-state index in [2.05, 4.69) is 10.3 Å². The molecule has 1 amide bonds. The number of para-hydroxylation sites is 1. The largest absolute Gasteiger partial charge is 0.497 e. The van der Waals surface area contributed by atoms with Crippen LogP contribution < -0.4 is 26.1 Å². The number of rotatable bonds is 10. The summed E-state index contributed by atoms with van der Waals surface area (Å²) in [6.45, 7) is 4.86. The second-order valence-corrected chi connectivity index (χ2v) is 10.4. The molecule has 0 aliphatic carbocycles. The van der Waals surface area contributed by atoms with Crippen LogP contribution in [0.2, 0.25) is 0 Å². The minimum atomic E-state index is -0.818. The predicted molar refractivity (Wildman–Crippen MR) is 174 cm³/mol. The lowest BCUT2D eigenvalue weighted by Gasteiger charge is -2.19. The molecule has 5 aromatic rings. The van der Waals surface area contributed by atoms with E-state index < -0.39 is 35.4 Å². The zero-order valence-electron chi connectivity index (χ0n) is 25.5. The van der Waals surface area contributed by atoms with Crippen LogP contribution >= 0.6 is 12.4 Å². The van der Waals surface area contributed by atoms with Gasteiger partial charge >= 0.3 is 5.97 Å². The first kappa shape index (κ1) is 33.7. The van der Waals surface area contributed by atoms with Crippen LogP contribution in [0.5, 0.6) is 17.2 Å². The Morgan fingerprint density at radius 3 is 2.43 bits per heavy atom. The van der Waals surface area contributed by atoms with Gasteiger partial charge in [0.15, 0.2) is 11.6 Å². The molecule has 2 heterocycles. The number of fused-ring (bicyclic) bond motifs is 1. The van der Waals surface area contributed by atoms with Crippen molar-refractivity contribution in [1.29, 1.82) is 0 Å². The maximum absolute atomic E-state index is 15.2. The van der Waals surface area contributed by atoms with E-state index in [0.717, 1.165) is 6.07 Å². The fourth-order valence-electron chi connectivity index (χ4n) is 4.83. The van der Waals surface area contributed by atoms with Gasteiger partial charge in [0.2, 0.25) is 0 Å². The van der Waals surface area contributed by atoms with Gasteiger partial charge in [0.25, 0.3) is 11.5 Å². The Kier molecular flexibility index (Phi) is 10.5. The van der Waals surface area contributed by atoms with Gasteiger partial charge in [0.1, 0.15) is 29.2 Å². The molecule has 0 saturated heterocycles. The van der Waals surface area contributed by atoms with Crippen LogP contribution in [-0.4, -0.2) is 45.5 Å². The van der Waals surface area contributed by atoms with E-state index in [1.807, 2.05) is 0 Å². The van der Waals surface area contributed by atoms with Crippen molar-refractivity contribution in [3.8, 4) is 22.9 Å². The van der Waals surface area contributed by atoms with E-state index in [9.17, 15) is 14.4 Å². The lowest BCUT2D eigenvalue weighted by Crippen LogP contribution is -2.34. The number of anilines is 1. The van der Waals surface area contributed by atoms with Gasteiger partial charge in [0.05, 0.1) is 30.6 Å². The molecule has 0 radical (unpaired) electrons. The molecule has 0 aliphatic heterocycles. The van der Waals surface area contributed by atoms with Crippen LogP contribution in [0.1, 0.15) is 29.9 Å². The highest BCUT2D eigenvalue weighted by Gasteiger charge is 2.26. The zero-order valence-corrected chi connectivity index (χ0v) is 26.3. The van der Waals surface area contributed by atoms with Crippen LogP contribution in [-0.2, 0) is 16.1 Å². The molecule has 0 bridgehead atoms. The summed E-state index contributed by atoms with van der Waals surface area (Å²) in [5, 5.41) is 3.28. The fourth-order valence-corrected chi connectivity index (χ4v) is 4.83. The molecule has 13 heteroatoms. The number of nitrogens with two attached hydrogens (primary N) is 1. The number of pyridine rings is 1. The number of carbonyl (C=O) groups is 2. The number of carbonyl (C=O) groups excluding carboxylic acids is 2. The number of aromatic nitrogens is 3. The third-order valence-electron chi connectivity index (χ3n) is 7.06. The number of halogens is 2. The highest BCUT2D eigenvalue weighted by Crippen LogP contribution is 2.33. The Hall–Kier alpha value is -5.20. The second kappa shape index (κ2) is 14.3. The maximum atomic E-state index is 15.2. The number of ether oxygens (including phenoxy) is 3. The van der Waals surface area contributed by atoms with E-state index in [1.165, 1.54) is 23.7 Å². The molecule has 3 aromatic carbocycles. The molecule has 240 valence electrons. The molecule has 3 N–H and O–H groups in total. The summed E-state index contributed by atoms with van der Waals surface area (Å²) in [4.78, 5) is 43.5. The number of benzene rings is 3. The standard InChI is InChI=1S/C33H32FN5O6.ClH/c1-19(44-33(42)20(2)35)18-38-21(3)30(32(41)39(38)23-8-6-5-7-9-23)31(40)37-22-10-13-29(26(34)16-22)45-28-14-15-36-27-17-24(43-4)11-12-25(27)28;/h5-17,19-20H,18,35H2,1-4H3,(H,37,40);1H/t19-,20-;/m0./s1. The first-order valence-electron chi connectivity index (χ1n) is 14.1. The van der Waals surface area contributed by atoms with Crippen molar-refractivity contribution in [2.24, 2.45) is 5.73 Å². The van der Waals surface area contributed by atoms with Gasteiger partial charge in [0, 0.05) is 29.4 Å². The average molecular weight is 650 g/mol. The molecular weight excluding hydrogens is 617 g/mol. The van der Waals surface area contributed by atoms with Gasteiger partial charge in [-0.2, -0.15) is 0 Å². The summed E-state index contributed by atoms with van der Waals surface area (Å²) < 4.78 is 34.6. The van der Waals surface area contributed by atoms with Crippen molar-refractivity contribution in [2.75, 3.05) is 12.4 Å². The highest BCUT2D eigenvalue weighted by molar-refractivity contribution is 6.05. The average Bonchev–Trinajstić information content (AvgIpc) is 3.26. The lowest BCUT2D eigenvalue weighted by atomic mass is 10.2. The van der Waals surface area contributed by atoms with Gasteiger partial charge in [-0.3, -0.25) is 24.0 Å². The quantitative estimate of drug-likeness (QED) is 0.192. The van der Waals surface area contributed by atoms with Gasteiger partial charge in [-0.05, 0) is 63.2 Å². The topological polar surface area (TPSA) is 140 Å². The van der Waals surface area contributed by atoms with E-state index in [1.54, 1.807) is 86.4 Å². The van der Waals surface area contributed by atoms with E-state index in [-0.39, 0.29) is 36.0 Å². The molecule has 46 heavy (non-hydrogen) atoms. The summed E-state index contributed by atoms with van der Waals surface area (Å²) >= 11 is 0. The molecule has 0 saturated carbocycles. The number of hydrogen-bond donors (Lipinski definition) is 2. The van der Waals surface area contributed by atoms with E-state index >= 15 is 4.39 Å². The summed E-state index contributed by atoms with van der Waals surface area (Å²) in [6, 6.07) is 18.8. The van der Waals surface area contributed by atoms with E-state index in [4.69, 9.17) is 19.9 Å². The third kappa shape index (κ3) is 7.03. The Morgan fingerprint density at radius 2 is 1.76 bits per heavy atom. The molecule has 0 unspecified atom stereocenters. The SMILES string of the molecule is COc1ccc2c(Oc3ccc(NC(=O)c4c(C)n(C[C@H](C)OC(=O)[C@H](C)N)n(-c5ccccc5)c4=O)cc3F)ccnc2c1.Cl. The monoisotopic (exact) mass is 649 g/mol. The van der Waals surface area contributed by atoms with Crippen molar-refractivity contribution < 1.29 is 28.2 Å². The fraction of sp³-hybridized carbons (Fsp3) is 0.212. The number of esters is 1. The van der Waals surface area contributed by atoms with Gasteiger partial charge in [-0.15, -0.1) is 12.4 Å². The van der Waals surface area contributed by atoms with Crippen LogP contribution in [0.3, 0.4) is 0 Å².